The quantitative estimate of drug-likeness (QED) is 0.244. The fourth-order valence-corrected chi connectivity index (χ4v) is 4.60. The maximum Gasteiger partial charge on any atom is 0.416 e. The van der Waals surface area contributed by atoms with Crippen molar-refractivity contribution in [1.29, 1.82) is 0 Å². The Bertz CT molecular complexity index is 1560. The number of benzene rings is 3. The highest BCUT2D eigenvalue weighted by Gasteiger charge is 2.51. The van der Waals surface area contributed by atoms with Crippen LogP contribution in [-0.4, -0.2) is 22.3 Å². The number of nitrogens with zero attached hydrogens (tertiary/aromatic N) is 1. The van der Waals surface area contributed by atoms with Crippen LogP contribution >= 0.6 is 0 Å². The number of nitrogens with one attached hydrogen (secondary N) is 1. The number of aliphatic carboxylic acids is 1. The highest BCUT2D eigenvalue weighted by molar-refractivity contribution is 5.91. The molecule has 3 aromatic carbocycles. The highest BCUT2D eigenvalue weighted by atomic mass is 19.4. The number of alkyl halides is 3. The molecule has 1 heterocycles. The van der Waals surface area contributed by atoms with Gasteiger partial charge in [-0.25, -0.2) is 4.79 Å². The van der Waals surface area contributed by atoms with Crippen molar-refractivity contribution < 1.29 is 37.1 Å². The summed E-state index contributed by atoms with van der Waals surface area (Å²) in [4.78, 5) is 24.2. The van der Waals surface area contributed by atoms with E-state index in [9.17, 15) is 27.9 Å². The van der Waals surface area contributed by atoms with E-state index in [-0.39, 0.29) is 11.3 Å². The number of amides is 1. The monoisotopic (exact) mass is 550 g/mol. The fourth-order valence-electron chi connectivity index (χ4n) is 4.60. The van der Waals surface area contributed by atoms with E-state index in [0.717, 1.165) is 28.8 Å². The minimum absolute atomic E-state index is 0.200. The fraction of sp³-hybridized carbons (Fsp3) is 0.233. The number of carboxylic acids is 1. The van der Waals surface area contributed by atoms with Crippen LogP contribution < -0.4 is 5.32 Å². The molecule has 1 amide bonds. The number of anilines is 1. The number of carbonyl (C=O) groups is 2. The molecular formula is C30H25F3N2O5. The standard InChI is InChI=1S/C30H25F3N2O5/c1-17(22-4-3-5-24(16-22)30(31,32)33)39-28(38)34-25-18(2)40-35-26(25)21-8-6-19(7-9-21)20-10-12-23(13-11-20)29(14-15-29)27(36)37/h3-13,16-17H,14-15H2,1-2H3,(H,34,38)(H,36,37)/t17-/m1/s1. The Labute approximate surface area is 227 Å². The van der Waals surface area contributed by atoms with Crippen molar-refractivity contribution in [3.8, 4) is 22.4 Å². The third-order valence-corrected chi connectivity index (χ3v) is 7.15. The van der Waals surface area contributed by atoms with Gasteiger partial charge in [0.1, 0.15) is 17.5 Å². The van der Waals surface area contributed by atoms with Crippen LogP contribution in [0.2, 0.25) is 0 Å². The average molecular weight is 551 g/mol. The maximum absolute atomic E-state index is 13.0. The summed E-state index contributed by atoms with van der Waals surface area (Å²) in [6.45, 7) is 3.09. The third-order valence-electron chi connectivity index (χ3n) is 7.15. The molecule has 0 spiro atoms. The van der Waals surface area contributed by atoms with E-state index in [1.165, 1.54) is 19.1 Å². The molecular weight excluding hydrogens is 525 g/mol. The summed E-state index contributed by atoms with van der Waals surface area (Å²) in [6.07, 6.45) is -5.04. The zero-order valence-corrected chi connectivity index (χ0v) is 21.6. The predicted molar refractivity (Wildman–Crippen MR) is 141 cm³/mol. The van der Waals surface area contributed by atoms with Crippen LogP contribution in [0.3, 0.4) is 0 Å². The number of carboxylic acid groups (broad SMARTS) is 1. The van der Waals surface area contributed by atoms with Crippen LogP contribution in [-0.2, 0) is 21.1 Å². The molecule has 2 N–H and O–H groups in total. The molecule has 0 bridgehead atoms. The molecule has 10 heteroatoms. The smallest absolute Gasteiger partial charge is 0.416 e. The molecule has 1 atom stereocenters. The van der Waals surface area contributed by atoms with Gasteiger partial charge in [-0.3, -0.25) is 10.1 Å². The Morgan fingerprint density at radius 3 is 2.17 bits per heavy atom. The zero-order chi connectivity index (χ0) is 28.7. The van der Waals surface area contributed by atoms with Gasteiger partial charge >= 0.3 is 18.2 Å². The van der Waals surface area contributed by atoms with Crippen LogP contribution in [0.4, 0.5) is 23.7 Å². The molecule has 5 rings (SSSR count). The van der Waals surface area contributed by atoms with Crippen molar-refractivity contribution in [1.82, 2.24) is 5.16 Å². The maximum atomic E-state index is 13.0. The van der Waals surface area contributed by atoms with Gasteiger partial charge in [-0.2, -0.15) is 13.2 Å². The van der Waals surface area contributed by atoms with Gasteiger partial charge in [0.05, 0.1) is 11.0 Å². The average Bonchev–Trinajstić information content (AvgIpc) is 3.68. The van der Waals surface area contributed by atoms with Crippen molar-refractivity contribution in [2.75, 3.05) is 5.32 Å². The summed E-state index contributed by atoms with van der Waals surface area (Å²) in [5.41, 5.74) is 2.52. The molecule has 1 saturated carbocycles. The summed E-state index contributed by atoms with van der Waals surface area (Å²) in [5, 5.41) is 16.2. The second kappa shape index (κ2) is 10.2. The van der Waals surface area contributed by atoms with Gasteiger partial charge in [0, 0.05) is 5.56 Å². The van der Waals surface area contributed by atoms with E-state index in [0.29, 0.717) is 29.9 Å². The van der Waals surface area contributed by atoms with E-state index in [1.54, 1.807) is 6.92 Å². The minimum atomic E-state index is -4.51. The molecule has 0 saturated heterocycles. The van der Waals surface area contributed by atoms with Gasteiger partial charge in [0.25, 0.3) is 0 Å². The molecule has 1 aliphatic carbocycles. The number of rotatable bonds is 7. The second-order valence-electron chi connectivity index (χ2n) is 9.80. The summed E-state index contributed by atoms with van der Waals surface area (Å²) >= 11 is 0. The lowest BCUT2D eigenvalue weighted by Crippen LogP contribution is -2.19. The predicted octanol–water partition coefficient (Wildman–Crippen LogP) is 7.76. The van der Waals surface area contributed by atoms with Crippen LogP contribution in [0, 0.1) is 6.92 Å². The summed E-state index contributed by atoms with van der Waals surface area (Å²) in [5.74, 6) is -0.475. The minimum Gasteiger partial charge on any atom is -0.481 e. The molecule has 206 valence electrons. The summed E-state index contributed by atoms with van der Waals surface area (Å²) in [7, 11) is 0. The van der Waals surface area contributed by atoms with Crippen LogP contribution in [0.1, 0.15) is 48.3 Å². The van der Waals surface area contributed by atoms with Gasteiger partial charge in [0.2, 0.25) is 0 Å². The largest absolute Gasteiger partial charge is 0.481 e. The second-order valence-corrected chi connectivity index (χ2v) is 9.80. The van der Waals surface area contributed by atoms with Crippen molar-refractivity contribution in [2.24, 2.45) is 0 Å². The topological polar surface area (TPSA) is 102 Å². The lowest BCUT2D eigenvalue weighted by molar-refractivity contribution is -0.140. The van der Waals surface area contributed by atoms with Crippen molar-refractivity contribution >= 4 is 17.7 Å². The summed E-state index contributed by atoms with van der Waals surface area (Å²) < 4.78 is 49.8. The number of aryl methyl sites for hydroxylation is 1. The first-order valence-electron chi connectivity index (χ1n) is 12.5. The number of aromatic nitrogens is 1. The molecule has 1 fully saturated rings. The Kier molecular flexibility index (Phi) is 6.87. The summed E-state index contributed by atoms with van der Waals surface area (Å²) in [6, 6.07) is 19.4. The van der Waals surface area contributed by atoms with Gasteiger partial charge in [-0.05, 0) is 61.1 Å². The van der Waals surface area contributed by atoms with Crippen LogP contribution in [0.5, 0.6) is 0 Å². The molecule has 7 nitrogen and oxygen atoms in total. The molecule has 1 aliphatic rings. The van der Waals surface area contributed by atoms with Crippen molar-refractivity contribution in [3.63, 3.8) is 0 Å². The first-order valence-corrected chi connectivity index (χ1v) is 12.5. The van der Waals surface area contributed by atoms with E-state index >= 15 is 0 Å². The van der Waals surface area contributed by atoms with E-state index < -0.39 is 35.3 Å². The molecule has 0 unspecified atom stereocenters. The number of hydrogen-bond acceptors (Lipinski definition) is 5. The van der Waals surface area contributed by atoms with Gasteiger partial charge in [0.15, 0.2) is 5.76 Å². The zero-order valence-electron chi connectivity index (χ0n) is 21.6. The van der Waals surface area contributed by atoms with Gasteiger partial charge in [-0.1, -0.05) is 65.8 Å². The van der Waals surface area contributed by atoms with Gasteiger partial charge < -0.3 is 14.4 Å². The molecule has 1 aromatic heterocycles. The molecule has 4 aromatic rings. The highest BCUT2D eigenvalue weighted by Crippen LogP contribution is 2.48. The van der Waals surface area contributed by atoms with Crippen LogP contribution in [0.25, 0.3) is 22.4 Å². The number of ether oxygens (including phenoxy) is 1. The molecule has 0 aliphatic heterocycles. The van der Waals surface area contributed by atoms with Crippen molar-refractivity contribution in [3.05, 3.63) is 95.2 Å². The first-order chi connectivity index (χ1) is 19.0. The third kappa shape index (κ3) is 5.29. The number of hydrogen-bond donors (Lipinski definition) is 2. The Morgan fingerprint density at radius 2 is 1.60 bits per heavy atom. The van der Waals surface area contributed by atoms with Crippen molar-refractivity contribution in [2.45, 2.75) is 44.4 Å². The lowest BCUT2D eigenvalue weighted by atomic mass is 9.93. The molecule has 0 radical (unpaired) electrons. The Morgan fingerprint density at radius 1 is 1.00 bits per heavy atom. The number of carbonyl (C=O) groups excluding carboxylic acids is 1. The van der Waals surface area contributed by atoms with Gasteiger partial charge in [-0.15, -0.1) is 0 Å². The number of halogens is 3. The SMILES string of the molecule is Cc1onc(-c2ccc(-c3ccc(C4(C(=O)O)CC4)cc3)cc2)c1NC(=O)O[C@H](C)c1cccc(C(F)(F)F)c1. The Balaban J connectivity index is 1.29. The Hall–Kier alpha value is -4.60. The first kappa shape index (κ1) is 27.0. The van der Waals surface area contributed by atoms with Crippen LogP contribution in [0.15, 0.2) is 77.3 Å². The van der Waals surface area contributed by atoms with E-state index in [2.05, 4.69) is 10.5 Å². The van der Waals surface area contributed by atoms with E-state index in [1.807, 2.05) is 48.5 Å². The normalized spacial score (nSPS) is 14.8. The molecule has 40 heavy (non-hydrogen) atoms. The van der Waals surface area contributed by atoms with E-state index in [4.69, 9.17) is 9.26 Å². The lowest BCUT2D eigenvalue weighted by Gasteiger charge is -2.16.